The molecule has 17 heavy (non-hydrogen) atoms. The van der Waals surface area contributed by atoms with Crippen LogP contribution in [0.5, 0.6) is 0 Å². The van der Waals surface area contributed by atoms with Crippen LogP contribution >= 0.6 is 0 Å². The first-order valence-electron chi connectivity index (χ1n) is 5.61. The summed E-state index contributed by atoms with van der Waals surface area (Å²) >= 11 is 0. The van der Waals surface area contributed by atoms with Crippen molar-refractivity contribution in [2.45, 2.75) is 20.8 Å². The molecule has 1 aromatic heterocycles. The van der Waals surface area contributed by atoms with Crippen LogP contribution in [0.15, 0.2) is 12.4 Å². The molecule has 0 bridgehead atoms. The number of aromatic nitrogens is 2. The first-order valence-corrected chi connectivity index (χ1v) is 5.61. The highest BCUT2D eigenvalue weighted by molar-refractivity contribution is 5.91. The van der Waals surface area contributed by atoms with E-state index >= 15 is 0 Å². The number of hydrogen-bond donors (Lipinski definition) is 3. The van der Waals surface area contributed by atoms with Gasteiger partial charge in [-0.3, -0.25) is 4.79 Å². The first kappa shape index (κ1) is 13.4. The SMILES string of the molecule is CC(C)C(C)CNC(=O)c1cnc(NN)cn1. The quantitative estimate of drug-likeness (QED) is 0.520. The van der Waals surface area contributed by atoms with Crippen molar-refractivity contribution in [2.75, 3.05) is 12.0 Å². The van der Waals surface area contributed by atoms with Crippen LogP contribution in [0.3, 0.4) is 0 Å². The van der Waals surface area contributed by atoms with Crippen LogP contribution in [-0.4, -0.2) is 22.4 Å². The number of carbonyl (C=O) groups is 1. The van der Waals surface area contributed by atoms with Gasteiger partial charge in [-0.1, -0.05) is 20.8 Å². The Labute approximate surface area is 101 Å². The summed E-state index contributed by atoms with van der Waals surface area (Å²) < 4.78 is 0. The minimum absolute atomic E-state index is 0.214. The summed E-state index contributed by atoms with van der Waals surface area (Å²) in [6, 6.07) is 0. The zero-order valence-corrected chi connectivity index (χ0v) is 10.4. The van der Waals surface area contributed by atoms with Gasteiger partial charge >= 0.3 is 0 Å². The Hall–Kier alpha value is -1.69. The monoisotopic (exact) mass is 237 g/mol. The van der Waals surface area contributed by atoms with Crippen molar-refractivity contribution in [3.05, 3.63) is 18.1 Å². The van der Waals surface area contributed by atoms with Gasteiger partial charge in [0.2, 0.25) is 0 Å². The van der Waals surface area contributed by atoms with Gasteiger partial charge in [0.25, 0.3) is 5.91 Å². The van der Waals surface area contributed by atoms with E-state index in [9.17, 15) is 4.79 Å². The van der Waals surface area contributed by atoms with Crippen LogP contribution < -0.4 is 16.6 Å². The molecule has 94 valence electrons. The summed E-state index contributed by atoms with van der Waals surface area (Å²) in [5.74, 6) is 6.33. The summed E-state index contributed by atoms with van der Waals surface area (Å²) in [4.78, 5) is 19.6. The normalized spacial score (nSPS) is 12.3. The van der Waals surface area contributed by atoms with Gasteiger partial charge in [-0.15, -0.1) is 0 Å². The van der Waals surface area contributed by atoms with Gasteiger partial charge in [-0.25, -0.2) is 15.8 Å². The molecule has 0 aliphatic carbocycles. The summed E-state index contributed by atoms with van der Waals surface area (Å²) in [6.07, 6.45) is 2.81. The Balaban J connectivity index is 2.52. The Morgan fingerprint density at radius 2 is 2.06 bits per heavy atom. The van der Waals surface area contributed by atoms with Crippen molar-refractivity contribution in [3.8, 4) is 0 Å². The van der Waals surface area contributed by atoms with E-state index in [1.165, 1.54) is 12.4 Å². The summed E-state index contributed by atoms with van der Waals surface area (Å²) in [7, 11) is 0. The van der Waals surface area contributed by atoms with E-state index in [0.717, 1.165) is 0 Å². The van der Waals surface area contributed by atoms with Crippen LogP contribution in [-0.2, 0) is 0 Å². The maximum absolute atomic E-state index is 11.7. The molecule has 0 saturated carbocycles. The zero-order chi connectivity index (χ0) is 12.8. The first-order chi connectivity index (χ1) is 8.04. The molecule has 0 fully saturated rings. The largest absolute Gasteiger partial charge is 0.350 e. The van der Waals surface area contributed by atoms with Crippen molar-refractivity contribution in [1.82, 2.24) is 15.3 Å². The van der Waals surface area contributed by atoms with E-state index in [4.69, 9.17) is 5.84 Å². The van der Waals surface area contributed by atoms with Crippen LogP contribution in [0.2, 0.25) is 0 Å². The van der Waals surface area contributed by atoms with E-state index in [1.807, 2.05) is 0 Å². The molecule has 1 rings (SSSR count). The molecule has 6 heteroatoms. The average molecular weight is 237 g/mol. The molecule has 4 N–H and O–H groups in total. The lowest BCUT2D eigenvalue weighted by atomic mass is 9.98. The van der Waals surface area contributed by atoms with E-state index in [0.29, 0.717) is 29.9 Å². The molecule has 0 aromatic carbocycles. The van der Waals surface area contributed by atoms with Crippen molar-refractivity contribution >= 4 is 11.7 Å². The van der Waals surface area contributed by atoms with E-state index < -0.39 is 0 Å². The van der Waals surface area contributed by atoms with Crippen LogP contribution in [0.25, 0.3) is 0 Å². The Bertz CT molecular complexity index is 363. The molecule has 1 unspecified atom stereocenters. The Morgan fingerprint density at radius 3 is 2.53 bits per heavy atom. The lowest BCUT2D eigenvalue weighted by Gasteiger charge is -2.15. The smallest absolute Gasteiger partial charge is 0.271 e. The van der Waals surface area contributed by atoms with Crippen LogP contribution in [0.4, 0.5) is 5.82 Å². The number of hydrazine groups is 1. The van der Waals surface area contributed by atoms with Crippen molar-refractivity contribution in [3.63, 3.8) is 0 Å². The molecule has 1 atom stereocenters. The van der Waals surface area contributed by atoms with E-state index in [1.54, 1.807) is 0 Å². The fourth-order valence-electron chi connectivity index (χ4n) is 1.10. The van der Waals surface area contributed by atoms with Gasteiger partial charge in [0, 0.05) is 6.54 Å². The number of nitrogens with one attached hydrogen (secondary N) is 2. The van der Waals surface area contributed by atoms with Gasteiger partial charge in [0.15, 0.2) is 5.82 Å². The average Bonchev–Trinajstić information content (AvgIpc) is 2.35. The number of nitrogens with zero attached hydrogens (tertiary/aromatic N) is 2. The molecule has 1 aromatic rings. The topological polar surface area (TPSA) is 92.9 Å². The number of hydrogen-bond acceptors (Lipinski definition) is 5. The minimum Gasteiger partial charge on any atom is -0.350 e. The van der Waals surface area contributed by atoms with Crippen LogP contribution in [0, 0.1) is 11.8 Å². The second-order valence-electron chi connectivity index (χ2n) is 4.36. The molecule has 1 heterocycles. The van der Waals surface area contributed by atoms with Crippen molar-refractivity contribution < 1.29 is 4.79 Å². The zero-order valence-electron chi connectivity index (χ0n) is 10.4. The molecule has 0 aliphatic rings. The highest BCUT2D eigenvalue weighted by Gasteiger charge is 2.11. The second kappa shape index (κ2) is 6.15. The maximum atomic E-state index is 11.7. The molecular weight excluding hydrogens is 218 g/mol. The fourth-order valence-corrected chi connectivity index (χ4v) is 1.10. The van der Waals surface area contributed by atoms with Gasteiger partial charge in [-0.05, 0) is 11.8 Å². The lowest BCUT2D eigenvalue weighted by molar-refractivity contribution is 0.0939. The Kier molecular flexibility index (Phi) is 4.84. The van der Waals surface area contributed by atoms with Gasteiger partial charge in [-0.2, -0.15) is 0 Å². The predicted molar refractivity (Wildman–Crippen MR) is 66.2 cm³/mol. The van der Waals surface area contributed by atoms with Crippen molar-refractivity contribution in [1.29, 1.82) is 0 Å². The summed E-state index contributed by atoms with van der Waals surface area (Å²) in [6.45, 7) is 6.98. The molecule has 1 amide bonds. The third-order valence-corrected chi connectivity index (χ3v) is 2.76. The molecular formula is C11H19N5O. The van der Waals surface area contributed by atoms with Gasteiger partial charge in [0.1, 0.15) is 5.69 Å². The molecule has 0 spiro atoms. The number of nitrogen functional groups attached to an aromatic ring is 1. The predicted octanol–water partition coefficient (Wildman–Crippen LogP) is 0.784. The maximum Gasteiger partial charge on any atom is 0.271 e. The number of nitrogens with two attached hydrogens (primary N) is 1. The Morgan fingerprint density at radius 1 is 1.35 bits per heavy atom. The third kappa shape index (κ3) is 3.99. The lowest BCUT2D eigenvalue weighted by Crippen LogP contribution is -2.30. The van der Waals surface area contributed by atoms with Gasteiger partial charge < -0.3 is 10.7 Å². The highest BCUT2D eigenvalue weighted by atomic mass is 16.1. The van der Waals surface area contributed by atoms with E-state index in [-0.39, 0.29) is 5.91 Å². The van der Waals surface area contributed by atoms with Crippen LogP contribution in [0.1, 0.15) is 31.3 Å². The highest BCUT2D eigenvalue weighted by Crippen LogP contribution is 2.08. The second-order valence-corrected chi connectivity index (χ2v) is 4.36. The molecule has 0 saturated heterocycles. The minimum atomic E-state index is -0.214. The fraction of sp³-hybridized carbons (Fsp3) is 0.545. The number of rotatable bonds is 5. The summed E-state index contributed by atoms with van der Waals surface area (Å²) in [5.41, 5.74) is 2.64. The summed E-state index contributed by atoms with van der Waals surface area (Å²) in [5, 5.41) is 2.82. The third-order valence-electron chi connectivity index (χ3n) is 2.76. The molecule has 6 nitrogen and oxygen atoms in total. The number of anilines is 1. The molecule has 0 aliphatic heterocycles. The van der Waals surface area contributed by atoms with Crippen molar-refractivity contribution in [2.24, 2.45) is 17.7 Å². The van der Waals surface area contributed by atoms with E-state index in [2.05, 4.69) is 41.5 Å². The van der Waals surface area contributed by atoms with Gasteiger partial charge in [0.05, 0.1) is 12.4 Å². The number of carbonyl (C=O) groups excluding carboxylic acids is 1. The molecule has 0 radical (unpaired) electrons. The number of amides is 1. The standard InChI is InChI=1S/C11H19N5O/c1-7(2)8(3)4-15-11(17)9-5-14-10(16-12)6-13-9/h5-8H,4,12H2,1-3H3,(H,14,16)(H,15,17).